The Morgan fingerprint density at radius 1 is 1.12 bits per heavy atom. The summed E-state index contributed by atoms with van der Waals surface area (Å²) in [5, 5.41) is 11.8. The minimum atomic E-state index is -0.331. The molecule has 0 spiro atoms. The Labute approximate surface area is 195 Å². The van der Waals surface area contributed by atoms with Crippen molar-refractivity contribution >= 4 is 16.5 Å². The van der Waals surface area contributed by atoms with Gasteiger partial charge in [-0.2, -0.15) is 0 Å². The van der Waals surface area contributed by atoms with Gasteiger partial charge in [-0.3, -0.25) is 9.88 Å². The minimum Gasteiger partial charge on any atom is -0.464 e. The van der Waals surface area contributed by atoms with Crippen LogP contribution in [-0.4, -0.2) is 40.7 Å². The maximum Gasteiger partial charge on any atom is 0.144 e. The zero-order valence-corrected chi connectivity index (χ0v) is 19.1. The standard InChI is InChI=1S/C28H33FN2O2/c29-25-10-9-22(28-23(25)14-19-33-28)20-11-16-31(17-12-20)18-13-24(26-8-4-5-15-30-26)27(32)21-6-2-1-3-7-21/h4-5,8-11,14-15,19,21,24,27,32H,1-3,6-7,12-13,16-18H2. The van der Waals surface area contributed by atoms with Crippen molar-refractivity contribution in [1.29, 1.82) is 0 Å². The minimum absolute atomic E-state index is 0.0690. The first-order valence-electron chi connectivity index (χ1n) is 12.4. The topological polar surface area (TPSA) is 49.5 Å². The summed E-state index contributed by atoms with van der Waals surface area (Å²) < 4.78 is 19.6. The van der Waals surface area contributed by atoms with Gasteiger partial charge in [-0.25, -0.2) is 4.39 Å². The van der Waals surface area contributed by atoms with E-state index in [4.69, 9.17) is 4.42 Å². The van der Waals surface area contributed by atoms with Crippen molar-refractivity contribution in [3.8, 4) is 0 Å². The van der Waals surface area contributed by atoms with Crippen LogP contribution in [0.1, 0.15) is 62.1 Å². The Kier molecular flexibility index (Phi) is 6.88. The number of halogens is 1. The molecule has 1 fully saturated rings. The van der Waals surface area contributed by atoms with Gasteiger partial charge in [-0.15, -0.1) is 0 Å². The lowest BCUT2D eigenvalue weighted by Gasteiger charge is -2.34. The van der Waals surface area contributed by atoms with E-state index in [1.54, 1.807) is 12.3 Å². The Morgan fingerprint density at radius 3 is 2.76 bits per heavy atom. The van der Waals surface area contributed by atoms with Crippen LogP contribution in [0.2, 0.25) is 0 Å². The monoisotopic (exact) mass is 448 g/mol. The van der Waals surface area contributed by atoms with Crippen molar-refractivity contribution in [3.63, 3.8) is 0 Å². The van der Waals surface area contributed by atoms with Crippen LogP contribution >= 0.6 is 0 Å². The van der Waals surface area contributed by atoms with Gasteiger partial charge in [0.25, 0.3) is 0 Å². The Morgan fingerprint density at radius 2 is 2.00 bits per heavy atom. The average molecular weight is 449 g/mol. The third kappa shape index (κ3) is 4.90. The predicted molar refractivity (Wildman–Crippen MR) is 129 cm³/mol. The van der Waals surface area contributed by atoms with Gasteiger partial charge in [0.15, 0.2) is 0 Å². The first-order valence-corrected chi connectivity index (χ1v) is 12.4. The second kappa shape index (κ2) is 10.2. The molecule has 2 atom stereocenters. The summed E-state index contributed by atoms with van der Waals surface area (Å²) >= 11 is 0. The average Bonchev–Trinajstić information content (AvgIpc) is 3.37. The lowest BCUT2D eigenvalue weighted by Crippen LogP contribution is -2.35. The van der Waals surface area contributed by atoms with Crippen LogP contribution in [0.15, 0.2) is 59.4 Å². The number of nitrogens with zero attached hydrogens (tertiary/aromatic N) is 2. The van der Waals surface area contributed by atoms with E-state index in [9.17, 15) is 9.50 Å². The van der Waals surface area contributed by atoms with E-state index >= 15 is 0 Å². The second-order valence-electron chi connectivity index (χ2n) is 9.58. The zero-order chi connectivity index (χ0) is 22.6. The molecule has 1 aromatic carbocycles. The summed E-state index contributed by atoms with van der Waals surface area (Å²) in [6.07, 6.45) is 13.1. The number of hydrogen-bond acceptors (Lipinski definition) is 4. The molecule has 33 heavy (non-hydrogen) atoms. The fourth-order valence-corrected chi connectivity index (χ4v) is 5.65. The summed E-state index contributed by atoms with van der Waals surface area (Å²) in [4.78, 5) is 7.05. The van der Waals surface area contributed by atoms with Crippen LogP contribution in [0.25, 0.3) is 16.5 Å². The van der Waals surface area contributed by atoms with Gasteiger partial charge < -0.3 is 9.52 Å². The first-order chi connectivity index (χ1) is 16.2. The van der Waals surface area contributed by atoms with Crippen molar-refractivity contribution in [1.82, 2.24) is 9.88 Å². The zero-order valence-electron chi connectivity index (χ0n) is 19.1. The van der Waals surface area contributed by atoms with E-state index in [2.05, 4.69) is 22.0 Å². The number of hydrogen-bond donors (Lipinski definition) is 1. The number of pyridine rings is 1. The molecule has 4 nitrogen and oxygen atoms in total. The molecule has 5 rings (SSSR count). The van der Waals surface area contributed by atoms with Crippen LogP contribution in [0.5, 0.6) is 0 Å². The molecular formula is C28H33FN2O2. The number of benzene rings is 1. The van der Waals surface area contributed by atoms with Crippen LogP contribution in [0.3, 0.4) is 0 Å². The van der Waals surface area contributed by atoms with Gasteiger partial charge in [0.2, 0.25) is 0 Å². The van der Waals surface area contributed by atoms with Crippen molar-refractivity contribution < 1.29 is 13.9 Å². The van der Waals surface area contributed by atoms with Crippen molar-refractivity contribution in [2.24, 2.45) is 5.92 Å². The molecule has 3 heterocycles. The quantitative estimate of drug-likeness (QED) is 0.469. The molecule has 0 radical (unpaired) electrons. The molecule has 0 saturated heterocycles. The van der Waals surface area contributed by atoms with Crippen LogP contribution in [-0.2, 0) is 0 Å². The Balaban J connectivity index is 1.26. The smallest absolute Gasteiger partial charge is 0.144 e. The van der Waals surface area contributed by atoms with Gasteiger partial charge in [-0.1, -0.05) is 31.4 Å². The lowest BCUT2D eigenvalue weighted by atomic mass is 9.78. The molecule has 3 aromatic rings. The van der Waals surface area contributed by atoms with Gasteiger partial charge in [0.05, 0.1) is 17.8 Å². The van der Waals surface area contributed by atoms with E-state index in [-0.39, 0.29) is 17.8 Å². The molecule has 5 heteroatoms. The fraction of sp³-hybridized carbons (Fsp3) is 0.464. The molecule has 1 saturated carbocycles. The molecular weight excluding hydrogens is 415 g/mol. The third-order valence-electron chi connectivity index (χ3n) is 7.57. The van der Waals surface area contributed by atoms with Crippen molar-refractivity contribution in [3.05, 3.63) is 72.0 Å². The molecule has 0 bridgehead atoms. The Hall–Kier alpha value is -2.50. The molecule has 1 N–H and O–H groups in total. The maximum absolute atomic E-state index is 14.0. The molecule has 174 valence electrons. The van der Waals surface area contributed by atoms with Gasteiger partial charge in [0.1, 0.15) is 11.4 Å². The number of aromatic nitrogens is 1. The number of aliphatic hydroxyl groups excluding tert-OH is 1. The molecule has 1 aliphatic heterocycles. The van der Waals surface area contributed by atoms with E-state index in [1.165, 1.54) is 30.9 Å². The summed E-state index contributed by atoms with van der Waals surface area (Å²) in [6, 6.07) is 11.1. The summed E-state index contributed by atoms with van der Waals surface area (Å²) in [6.45, 7) is 2.72. The number of aliphatic hydroxyl groups is 1. The SMILES string of the molecule is OC(C1CCCCC1)C(CCN1CC=C(c2ccc(F)c3ccoc23)CC1)c1ccccn1. The molecule has 2 unspecified atom stereocenters. The van der Waals surface area contributed by atoms with Gasteiger partial charge in [0, 0.05) is 36.5 Å². The lowest BCUT2D eigenvalue weighted by molar-refractivity contribution is 0.0530. The van der Waals surface area contributed by atoms with Crippen molar-refractivity contribution in [2.45, 2.75) is 57.0 Å². The molecule has 2 aromatic heterocycles. The first kappa shape index (κ1) is 22.3. The highest BCUT2D eigenvalue weighted by molar-refractivity contribution is 5.90. The van der Waals surface area contributed by atoms with E-state index in [0.717, 1.165) is 56.6 Å². The second-order valence-corrected chi connectivity index (χ2v) is 9.58. The molecule has 2 aliphatic rings. The number of furan rings is 1. The predicted octanol–water partition coefficient (Wildman–Crippen LogP) is 6.17. The normalized spacial score (nSPS) is 20.0. The molecule has 1 aliphatic carbocycles. The largest absolute Gasteiger partial charge is 0.464 e. The maximum atomic E-state index is 14.0. The van der Waals surface area contributed by atoms with E-state index < -0.39 is 0 Å². The van der Waals surface area contributed by atoms with E-state index in [1.807, 2.05) is 24.4 Å². The highest BCUT2D eigenvalue weighted by atomic mass is 19.1. The van der Waals surface area contributed by atoms with Gasteiger partial charge in [-0.05, 0) is 74.1 Å². The summed E-state index contributed by atoms with van der Waals surface area (Å²) in [5.74, 6) is 0.213. The summed E-state index contributed by atoms with van der Waals surface area (Å²) in [5.41, 5.74) is 3.86. The Bertz CT molecular complexity index is 1090. The molecule has 0 amide bonds. The van der Waals surface area contributed by atoms with Crippen LogP contribution in [0.4, 0.5) is 4.39 Å². The fourth-order valence-electron chi connectivity index (χ4n) is 5.65. The van der Waals surface area contributed by atoms with Crippen molar-refractivity contribution in [2.75, 3.05) is 19.6 Å². The van der Waals surface area contributed by atoms with E-state index in [0.29, 0.717) is 16.9 Å². The third-order valence-corrected chi connectivity index (χ3v) is 7.57. The van der Waals surface area contributed by atoms with Crippen LogP contribution in [0, 0.1) is 11.7 Å². The van der Waals surface area contributed by atoms with Crippen LogP contribution < -0.4 is 0 Å². The summed E-state index contributed by atoms with van der Waals surface area (Å²) in [7, 11) is 0. The highest BCUT2D eigenvalue weighted by Crippen LogP contribution is 2.35. The number of fused-ring (bicyclic) bond motifs is 1. The number of rotatable bonds is 7. The highest BCUT2D eigenvalue weighted by Gasteiger charge is 2.31. The van der Waals surface area contributed by atoms with Gasteiger partial charge >= 0.3 is 0 Å².